The molecule has 2 aromatic rings. The van der Waals surface area contributed by atoms with Crippen molar-refractivity contribution in [1.82, 2.24) is 9.80 Å². The number of nitrogens with zero attached hydrogens (tertiary/aromatic N) is 2. The predicted molar refractivity (Wildman–Crippen MR) is 119 cm³/mol. The summed E-state index contributed by atoms with van der Waals surface area (Å²) >= 11 is 0. The van der Waals surface area contributed by atoms with Crippen molar-refractivity contribution < 1.29 is 9.90 Å². The van der Waals surface area contributed by atoms with E-state index in [4.69, 9.17) is 5.11 Å². The van der Waals surface area contributed by atoms with Gasteiger partial charge in [-0.2, -0.15) is 0 Å². The van der Waals surface area contributed by atoms with E-state index in [2.05, 4.69) is 54.3 Å². The van der Waals surface area contributed by atoms with E-state index in [1.165, 1.54) is 47.2 Å². The van der Waals surface area contributed by atoms with Gasteiger partial charge < -0.3 is 14.9 Å². The van der Waals surface area contributed by atoms with Gasteiger partial charge in [0.25, 0.3) is 0 Å². The van der Waals surface area contributed by atoms with E-state index in [-0.39, 0.29) is 18.3 Å². The Morgan fingerprint density at radius 3 is 2.52 bits per heavy atom. The van der Waals surface area contributed by atoms with Gasteiger partial charge in [-0.25, -0.2) is 0 Å². The average molecular weight is 415 g/mol. The van der Waals surface area contributed by atoms with E-state index in [1.54, 1.807) is 4.90 Å². The lowest BCUT2D eigenvalue weighted by molar-refractivity contribution is -0.135. The van der Waals surface area contributed by atoms with Crippen LogP contribution in [0.1, 0.15) is 36.5 Å². The lowest BCUT2D eigenvalue weighted by Gasteiger charge is -2.28. The zero-order valence-electron chi connectivity index (χ0n) is 17.1. The second kappa shape index (κ2) is 9.75. The molecule has 0 bridgehead atoms. The lowest BCUT2D eigenvalue weighted by atomic mass is 9.94. The van der Waals surface area contributed by atoms with Gasteiger partial charge in [0.15, 0.2) is 0 Å². The molecule has 1 atom stereocenters. The Labute approximate surface area is 179 Å². The first-order valence-corrected chi connectivity index (χ1v) is 10.5. The number of benzene rings is 2. The fourth-order valence-electron chi connectivity index (χ4n) is 4.51. The maximum Gasteiger partial charge on any atom is 0.248 e. The van der Waals surface area contributed by atoms with Crippen LogP contribution < -0.4 is 0 Å². The van der Waals surface area contributed by atoms with Crippen LogP contribution in [0.15, 0.2) is 42.5 Å². The van der Waals surface area contributed by atoms with E-state index >= 15 is 0 Å². The molecule has 1 N–H and O–H groups in total. The second-order valence-electron chi connectivity index (χ2n) is 8.18. The number of rotatable bonds is 5. The molecule has 156 valence electrons. The summed E-state index contributed by atoms with van der Waals surface area (Å²) in [5, 5.41) is 9.07. The number of hydrogen-bond donors (Lipinski definition) is 1. The standard InChI is InChI=1S/C24H30N2O2.ClH/c1-18-3-2-12-25(18)13-10-19-4-6-20(7-5-19)21-8-9-23-16-26(24(28)17-27)14-11-22(23)15-21;/h4-9,15,18,27H,2-3,10-14,16-17H2,1H3;1H/t18-;/m1./s1. The number of carbonyl (C=O) groups is 1. The molecule has 4 nitrogen and oxygen atoms in total. The highest BCUT2D eigenvalue weighted by atomic mass is 35.5. The highest BCUT2D eigenvalue weighted by molar-refractivity contribution is 5.85. The molecule has 0 radical (unpaired) electrons. The molecule has 0 aliphatic carbocycles. The van der Waals surface area contributed by atoms with Gasteiger partial charge in [0.1, 0.15) is 6.61 Å². The van der Waals surface area contributed by atoms with Crippen LogP contribution in [-0.2, 0) is 24.2 Å². The summed E-state index contributed by atoms with van der Waals surface area (Å²) in [6.45, 7) is 5.62. The first kappa shape index (κ1) is 21.8. The van der Waals surface area contributed by atoms with Gasteiger partial charge in [-0.05, 0) is 67.0 Å². The SMILES string of the molecule is C[C@@H]1CCCN1CCc1ccc(-c2ccc3c(c2)CCN(C(=O)CO)C3)cc1.Cl. The molecule has 1 amide bonds. The Kier molecular flexibility index (Phi) is 7.33. The smallest absolute Gasteiger partial charge is 0.248 e. The third-order valence-electron chi connectivity index (χ3n) is 6.37. The van der Waals surface area contributed by atoms with E-state index in [0.717, 1.165) is 25.4 Å². The number of halogens is 1. The maximum absolute atomic E-state index is 11.7. The normalized spacial score (nSPS) is 19.0. The Morgan fingerprint density at radius 1 is 1.07 bits per heavy atom. The molecule has 2 heterocycles. The number of aliphatic hydroxyl groups is 1. The van der Waals surface area contributed by atoms with Crippen molar-refractivity contribution in [3.63, 3.8) is 0 Å². The van der Waals surface area contributed by atoms with E-state index < -0.39 is 6.61 Å². The molecule has 2 aromatic carbocycles. The summed E-state index contributed by atoms with van der Waals surface area (Å²) in [6, 6.07) is 16.3. The average Bonchev–Trinajstić information content (AvgIpc) is 3.16. The third kappa shape index (κ3) is 5.00. The van der Waals surface area contributed by atoms with Crippen molar-refractivity contribution in [2.24, 2.45) is 0 Å². The molecule has 1 saturated heterocycles. The van der Waals surface area contributed by atoms with Crippen molar-refractivity contribution in [2.45, 2.75) is 45.2 Å². The van der Waals surface area contributed by atoms with Gasteiger partial charge in [0.2, 0.25) is 5.91 Å². The molecule has 0 saturated carbocycles. The van der Waals surface area contributed by atoms with Crippen molar-refractivity contribution in [1.29, 1.82) is 0 Å². The van der Waals surface area contributed by atoms with Crippen molar-refractivity contribution >= 4 is 18.3 Å². The number of carbonyl (C=O) groups excluding carboxylic acids is 1. The van der Waals surface area contributed by atoms with E-state index in [9.17, 15) is 4.79 Å². The van der Waals surface area contributed by atoms with Crippen molar-refractivity contribution in [2.75, 3.05) is 26.2 Å². The topological polar surface area (TPSA) is 43.8 Å². The molecule has 5 heteroatoms. The summed E-state index contributed by atoms with van der Waals surface area (Å²) in [7, 11) is 0. The summed E-state index contributed by atoms with van der Waals surface area (Å²) in [6.07, 6.45) is 4.64. The minimum atomic E-state index is -0.406. The zero-order chi connectivity index (χ0) is 19.5. The zero-order valence-corrected chi connectivity index (χ0v) is 18.0. The first-order valence-electron chi connectivity index (χ1n) is 10.5. The number of hydrogen-bond acceptors (Lipinski definition) is 3. The monoisotopic (exact) mass is 414 g/mol. The van der Waals surface area contributed by atoms with Gasteiger partial charge in [-0.15, -0.1) is 12.4 Å². The fraction of sp³-hybridized carbons (Fsp3) is 0.458. The van der Waals surface area contributed by atoms with Crippen LogP contribution in [0.3, 0.4) is 0 Å². The summed E-state index contributed by atoms with van der Waals surface area (Å²) in [5.74, 6) is -0.186. The summed E-state index contributed by atoms with van der Waals surface area (Å²) in [4.78, 5) is 16.1. The summed E-state index contributed by atoms with van der Waals surface area (Å²) < 4.78 is 0. The van der Waals surface area contributed by atoms with Crippen LogP contribution in [0.2, 0.25) is 0 Å². The Morgan fingerprint density at radius 2 is 1.83 bits per heavy atom. The fourth-order valence-corrected chi connectivity index (χ4v) is 4.51. The van der Waals surface area contributed by atoms with Gasteiger partial charge in [-0.1, -0.05) is 42.5 Å². The molecule has 0 spiro atoms. The molecule has 1 fully saturated rings. The minimum Gasteiger partial charge on any atom is -0.387 e. The van der Waals surface area contributed by atoms with Crippen molar-refractivity contribution in [3.05, 3.63) is 59.2 Å². The van der Waals surface area contributed by atoms with Crippen LogP contribution >= 0.6 is 12.4 Å². The van der Waals surface area contributed by atoms with Crippen LogP contribution in [0.5, 0.6) is 0 Å². The molecular weight excluding hydrogens is 384 g/mol. The molecule has 0 aromatic heterocycles. The van der Waals surface area contributed by atoms with Gasteiger partial charge in [0, 0.05) is 25.7 Å². The van der Waals surface area contributed by atoms with E-state index in [1.807, 2.05) is 0 Å². The number of likely N-dealkylation sites (tertiary alicyclic amines) is 1. The number of aliphatic hydroxyl groups excluding tert-OH is 1. The highest BCUT2D eigenvalue weighted by Gasteiger charge is 2.21. The van der Waals surface area contributed by atoms with Crippen molar-refractivity contribution in [3.8, 4) is 11.1 Å². The van der Waals surface area contributed by atoms with Gasteiger partial charge >= 0.3 is 0 Å². The first-order chi connectivity index (χ1) is 13.6. The Hall–Kier alpha value is -1.88. The number of amides is 1. The number of fused-ring (bicyclic) bond motifs is 1. The van der Waals surface area contributed by atoms with Crippen LogP contribution in [0.4, 0.5) is 0 Å². The van der Waals surface area contributed by atoms with Crippen LogP contribution in [0, 0.1) is 0 Å². The van der Waals surface area contributed by atoms with Gasteiger partial charge in [0.05, 0.1) is 0 Å². The second-order valence-corrected chi connectivity index (χ2v) is 8.18. The molecule has 29 heavy (non-hydrogen) atoms. The molecule has 0 unspecified atom stereocenters. The molecular formula is C24H31ClN2O2. The Bertz CT molecular complexity index is 837. The maximum atomic E-state index is 11.7. The summed E-state index contributed by atoms with van der Waals surface area (Å²) in [5.41, 5.74) is 6.38. The minimum absolute atomic E-state index is 0. The van der Waals surface area contributed by atoms with Crippen LogP contribution in [0.25, 0.3) is 11.1 Å². The van der Waals surface area contributed by atoms with Crippen LogP contribution in [-0.4, -0.2) is 53.1 Å². The van der Waals surface area contributed by atoms with Gasteiger partial charge in [-0.3, -0.25) is 4.79 Å². The molecule has 2 aliphatic heterocycles. The Balaban J connectivity index is 0.00000240. The van der Waals surface area contributed by atoms with E-state index in [0.29, 0.717) is 13.1 Å². The molecule has 4 rings (SSSR count). The lowest BCUT2D eigenvalue weighted by Crippen LogP contribution is -2.37. The largest absolute Gasteiger partial charge is 0.387 e. The highest BCUT2D eigenvalue weighted by Crippen LogP contribution is 2.27. The quantitative estimate of drug-likeness (QED) is 0.811. The molecule has 2 aliphatic rings. The predicted octanol–water partition coefficient (Wildman–Crippen LogP) is 3.68. The third-order valence-corrected chi connectivity index (χ3v) is 6.37.